The van der Waals surface area contributed by atoms with Crippen molar-refractivity contribution in [1.82, 2.24) is 0 Å². The largest absolute Gasteiger partial charge is 0.307 e. The molecule has 4 fully saturated rings. The summed E-state index contributed by atoms with van der Waals surface area (Å²) >= 11 is 2.00. The summed E-state index contributed by atoms with van der Waals surface area (Å²) in [7, 11) is 0. The molecule has 0 aliphatic heterocycles. The monoisotopic (exact) mass is 571 g/mol. The Balaban J connectivity index is 1.41. The van der Waals surface area contributed by atoms with Crippen molar-refractivity contribution in [2.75, 3.05) is 5.75 Å². The molecule has 4 heteroatoms. The Hall–Kier alpha value is -1.86. The minimum atomic E-state index is -0.574. The standard InChI is InChI=1S/C37H49NO2S/c1-32(2)16-18-37(23-41-24-12-10-9-11-13-24)19-17-36(7)30(25(37)21-32)27(39)20-29-34(5)22-26(38-8)31(40)33(3,4)28(34)14-15-35(29,36)6/h9-13,22,25,28-30H,14-21,23H2,1-7H3/t25-,28-,29+,30-,34-,35+,36+,37+/m0/s1. The van der Waals surface area contributed by atoms with Crippen molar-refractivity contribution in [2.24, 2.45) is 56.2 Å². The maximum absolute atomic E-state index is 14.8. The van der Waals surface area contributed by atoms with Crippen molar-refractivity contribution < 1.29 is 9.59 Å². The molecule has 0 heterocycles. The Morgan fingerprint density at radius 2 is 1.56 bits per heavy atom. The molecule has 220 valence electrons. The van der Waals surface area contributed by atoms with Gasteiger partial charge >= 0.3 is 0 Å². The van der Waals surface area contributed by atoms with E-state index >= 15 is 0 Å². The average Bonchev–Trinajstić information content (AvgIpc) is 2.92. The number of benzene rings is 1. The molecular formula is C37H49NO2S. The summed E-state index contributed by atoms with van der Waals surface area (Å²) in [5.41, 5.74) is -0.211. The van der Waals surface area contributed by atoms with Crippen LogP contribution in [0.3, 0.4) is 0 Å². The van der Waals surface area contributed by atoms with Crippen LogP contribution in [0.2, 0.25) is 0 Å². The maximum atomic E-state index is 14.8. The lowest BCUT2D eigenvalue weighted by molar-refractivity contribution is -0.220. The van der Waals surface area contributed by atoms with E-state index in [9.17, 15) is 9.59 Å². The molecule has 6 rings (SSSR count). The zero-order valence-corrected chi connectivity index (χ0v) is 27.1. The van der Waals surface area contributed by atoms with Gasteiger partial charge in [-0.2, -0.15) is 0 Å². The van der Waals surface area contributed by atoms with Crippen LogP contribution in [-0.2, 0) is 9.59 Å². The van der Waals surface area contributed by atoms with Crippen LogP contribution >= 0.6 is 11.8 Å². The smallest absolute Gasteiger partial charge is 0.226 e. The molecule has 0 spiro atoms. The van der Waals surface area contributed by atoms with E-state index in [-0.39, 0.29) is 50.6 Å². The van der Waals surface area contributed by atoms with Gasteiger partial charge < -0.3 is 4.79 Å². The number of carbonyl (C=O) groups excluding carboxylic acids is 2. The first-order chi connectivity index (χ1) is 19.1. The Bertz CT molecular complexity index is 1340. The van der Waals surface area contributed by atoms with Crippen LogP contribution in [0.5, 0.6) is 0 Å². The normalized spacial score (nSPS) is 44.4. The van der Waals surface area contributed by atoms with Crippen molar-refractivity contribution in [3.63, 3.8) is 0 Å². The van der Waals surface area contributed by atoms with Crippen molar-refractivity contribution in [1.29, 1.82) is 0 Å². The fourth-order valence-electron chi connectivity index (χ4n) is 11.4. The Morgan fingerprint density at radius 3 is 2.24 bits per heavy atom. The number of nitrogens with zero attached hydrogens (tertiary/aromatic N) is 1. The molecule has 1 aromatic rings. The van der Waals surface area contributed by atoms with E-state index in [1.54, 1.807) is 0 Å². The number of carbonyl (C=O) groups is 2. The predicted molar refractivity (Wildman–Crippen MR) is 167 cm³/mol. The van der Waals surface area contributed by atoms with Gasteiger partial charge in [-0.25, -0.2) is 4.85 Å². The van der Waals surface area contributed by atoms with E-state index < -0.39 is 5.41 Å². The van der Waals surface area contributed by atoms with E-state index in [4.69, 9.17) is 6.57 Å². The molecule has 0 N–H and O–H groups in total. The summed E-state index contributed by atoms with van der Waals surface area (Å²) in [6.07, 6.45) is 10.6. The van der Waals surface area contributed by atoms with Gasteiger partial charge in [0.1, 0.15) is 5.78 Å². The molecule has 4 saturated carbocycles. The van der Waals surface area contributed by atoms with Crippen LogP contribution in [0.1, 0.15) is 99.8 Å². The number of allylic oxidation sites excluding steroid dienone is 2. The van der Waals surface area contributed by atoms with Gasteiger partial charge in [-0.1, -0.05) is 72.7 Å². The zero-order chi connectivity index (χ0) is 29.6. The fourth-order valence-corrected chi connectivity index (χ4v) is 12.7. The van der Waals surface area contributed by atoms with Gasteiger partial charge in [0.2, 0.25) is 5.70 Å². The van der Waals surface area contributed by atoms with Crippen LogP contribution in [0.4, 0.5) is 0 Å². The van der Waals surface area contributed by atoms with Gasteiger partial charge in [-0.05, 0) is 102 Å². The molecule has 0 radical (unpaired) electrons. The van der Waals surface area contributed by atoms with E-state index in [2.05, 4.69) is 83.6 Å². The van der Waals surface area contributed by atoms with Crippen LogP contribution in [0.15, 0.2) is 47.0 Å². The van der Waals surface area contributed by atoms with Crippen LogP contribution in [-0.4, -0.2) is 17.3 Å². The van der Waals surface area contributed by atoms with E-state index in [1.807, 2.05) is 17.8 Å². The molecule has 0 saturated heterocycles. The highest BCUT2D eigenvalue weighted by Crippen LogP contribution is 2.76. The maximum Gasteiger partial charge on any atom is 0.226 e. The molecule has 0 aromatic heterocycles. The lowest BCUT2D eigenvalue weighted by Crippen LogP contribution is -2.68. The van der Waals surface area contributed by atoms with Gasteiger partial charge in [-0.3, -0.25) is 4.79 Å². The Labute approximate surface area is 252 Å². The Morgan fingerprint density at radius 1 is 0.878 bits per heavy atom. The van der Waals surface area contributed by atoms with E-state index in [1.165, 1.54) is 24.2 Å². The molecule has 41 heavy (non-hydrogen) atoms. The van der Waals surface area contributed by atoms with Crippen LogP contribution < -0.4 is 0 Å². The quantitative estimate of drug-likeness (QED) is 0.268. The number of hydrogen-bond donors (Lipinski definition) is 0. The summed E-state index contributed by atoms with van der Waals surface area (Å²) in [5, 5.41) is 0. The molecule has 8 atom stereocenters. The first-order valence-electron chi connectivity index (χ1n) is 16.0. The molecule has 3 nitrogen and oxygen atoms in total. The number of rotatable bonds is 3. The van der Waals surface area contributed by atoms with Gasteiger partial charge in [0, 0.05) is 28.4 Å². The highest BCUT2D eigenvalue weighted by Gasteiger charge is 2.71. The summed E-state index contributed by atoms with van der Waals surface area (Å²) in [6.45, 7) is 24.1. The van der Waals surface area contributed by atoms with Gasteiger partial charge in [0.25, 0.3) is 0 Å². The van der Waals surface area contributed by atoms with Crippen molar-refractivity contribution in [3.05, 3.63) is 53.5 Å². The average molecular weight is 572 g/mol. The van der Waals surface area contributed by atoms with Gasteiger partial charge in [-0.15, -0.1) is 11.8 Å². The van der Waals surface area contributed by atoms with Gasteiger partial charge in [0.05, 0.1) is 6.57 Å². The summed E-state index contributed by atoms with van der Waals surface area (Å²) < 4.78 is 0. The number of thioether (sulfide) groups is 1. The first-order valence-corrected chi connectivity index (χ1v) is 17.0. The summed E-state index contributed by atoms with van der Waals surface area (Å²) in [6, 6.07) is 10.8. The number of fused-ring (bicyclic) bond motifs is 7. The second-order valence-corrected chi connectivity index (χ2v) is 17.7. The molecule has 5 aliphatic rings. The second-order valence-electron chi connectivity index (χ2n) is 16.6. The first kappa shape index (κ1) is 29.2. The second kappa shape index (κ2) is 9.32. The lowest BCUT2D eigenvalue weighted by atomic mass is 9.32. The van der Waals surface area contributed by atoms with Crippen molar-refractivity contribution >= 4 is 23.3 Å². The third kappa shape index (κ3) is 4.03. The van der Waals surface area contributed by atoms with Crippen LogP contribution in [0, 0.1) is 62.7 Å². The third-order valence-corrected chi connectivity index (χ3v) is 15.2. The molecule has 0 unspecified atom stereocenters. The zero-order valence-electron chi connectivity index (χ0n) is 26.3. The van der Waals surface area contributed by atoms with Crippen LogP contribution in [0.25, 0.3) is 4.85 Å². The highest BCUT2D eigenvalue weighted by atomic mass is 32.2. The summed E-state index contributed by atoms with van der Waals surface area (Å²) in [5.74, 6) is 2.40. The van der Waals surface area contributed by atoms with E-state index in [0.717, 1.165) is 31.4 Å². The predicted octanol–water partition coefficient (Wildman–Crippen LogP) is 9.43. The number of Topliss-reactive ketones (excluding diaryl/α,β-unsaturated/α-hetero) is 2. The van der Waals surface area contributed by atoms with Gasteiger partial charge in [0.15, 0.2) is 5.78 Å². The SMILES string of the molecule is [C-]#[N+]C1=C[C@]2(C)[C@H]3CC(=O)[C@@H]4[C@@H]5CC(C)(C)CC[C@]5(CSc5ccccc5)CC[C@@]4(C)[C@]3(C)CC[C@H]2C(C)(C)C1=O. The van der Waals surface area contributed by atoms with Crippen molar-refractivity contribution in [2.45, 2.75) is 105 Å². The minimum Gasteiger partial charge on any atom is -0.307 e. The van der Waals surface area contributed by atoms with Crippen molar-refractivity contribution in [3.8, 4) is 0 Å². The number of ketones is 2. The molecule has 0 amide bonds. The fraction of sp³-hybridized carbons (Fsp3) is 0.703. The molecule has 0 bridgehead atoms. The Kier molecular flexibility index (Phi) is 6.64. The third-order valence-electron chi connectivity index (χ3n) is 13.9. The topological polar surface area (TPSA) is 38.5 Å². The molecule has 5 aliphatic carbocycles. The minimum absolute atomic E-state index is 0.00272. The lowest BCUT2D eigenvalue weighted by Gasteiger charge is -2.72. The summed E-state index contributed by atoms with van der Waals surface area (Å²) in [4.78, 5) is 33.2. The molecular weight excluding hydrogens is 522 g/mol. The molecule has 1 aromatic carbocycles. The number of hydrogen-bond acceptors (Lipinski definition) is 3. The van der Waals surface area contributed by atoms with E-state index in [0.29, 0.717) is 23.8 Å². The highest BCUT2D eigenvalue weighted by molar-refractivity contribution is 7.99.